The molecule has 1 aliphatic carbocycles. The monoisotopic (exact) mass is 360 g/mol. The molecule has 0 saturated heterocycles. The van der Waals surface area contributed by atoms with Gasteiger partial charge in [0.1, 0.15) is 18.0 Å². The average molecular weight is 360 g/mol. The summed E-state index contributed by atoms with van der Waals surface area (Å²) in [7, 11) is 0. The molecule has 0 aliphatic heterocycles. The Morgan fingerprint density at radius 1 is 1.24 bits per heavy atom. The smallest absolute Gasteiger partial charge is 0.294 e. The molecule has 0 unspecified atom stereocenters. The lowest BCUT2D eigenvalue weighted by Gasteiger charge is -2.24. The van der Waals surface area contributed by atoms with Crippen LogP contribution in [0.2, 0.25) is 0 Å². The Hall–Kier alpha value is -2.48. The van der Waals surface area contributed by atoms with Gasteiger partial charge in [-0.15, -0.1) is 5.10 Å². The van der Waals surface area contributed by atoms with Gasteiger partial charge < -0.3 is 14.4 Å². The first kappa shape index (κ1) is 16.0. The number of benzene rings is 1. The number of hydrogen-bond donors (Lipinski definition) is 1. The van der Waals surface area contributed by atoms with Gasteiger partial charge in [0.2, 0.25) is 0 Å². The normalized spacial score (nSPS) is 20.5. The fourth-order valence-corrected chi connectivity index (χ4v) is 3.74. The van der Waals surface area contributed by atoms with E-state index in [9.17, 15) is 9.50 Å². The molecule has 2 atom stereocenters. The van der Waals surface area contributed by atoms with Crippen molar-refractivity contribution in [2.75, 3.05) is 0 Å². The van der Waals surface area contributed by atoms with Crippen molar-refractivity contribution >= 4 is 11.3 Å². The molecule has 25 heavy (non-hydrogen) atoms. The van der Waals surface area contributed by atoms with E-state index in [1.165, 1.54) is 11.3 Å². The number of phenolic OH excluding ortho intramolecular Hbond substituents is 1. The maximum Gasteiger partial charge on any atom is 0.294 e. The molecule has 8 heteroatoms. The van der Waals surface area contributed by atoms with Crippen LogP contribution in [-0.4, -0.2) is 37.1 Å². The van der Waals surface area contributed by atoms with Gasteiger partial charge in [0.25, 0.3) is 5.19 Å². The molecule has 1 aromatic carbocycles. The number of rotatable bonds is 4. The second kappa shape index (κ2) is 6.79. The van der Waals surface area contributed by atoms with Gasteiger partial charge >= 0.3 is 0 Å². The molecule has 3 aromatic rings. The largest absolute Gasteiger partial charge is 0.507 e. The number of alkyl halides is 1. The summed E-state index contributed by atoms with van der Waals surface area (Å²) in [5, 5.41) is 19.3. The van der Waals surface area contributed by atoms with Gasteiger partial charge in [-0.3, -0.25) is 0 Å². The Balaban J connectivity index is 1.53. The molecule has 2 heterocycles. The minimum Gasteiger partial charge on any atom is -0.507 e. The lowest BCUT2D eigenvalue weighted by atomic mass is 9.96. The van der Waals surface area contributed by atoms with Crippen molar-refractivity contribution in [3.63, 3.8) is 0 Å². The molecule has 0 radical (unpaired) electrons. The number of nitrogens with zero attached hydrogens (tertiary/aromatic N) is 4. The van der Waals surface area contributed by atoms with E-state index in [0.717, 1.165) is 18.5 Å². The van der Waals surface area contributed by atoms with E-state index in [1.54, 1.807) is 35.4 Å². The molecule has 0 amide bonds. The summed E-state index contributed by atoms with van der Waals surface area (Å²) in [6, 6.07) is 5.27. The Bertz CT molecular complexity index is 852. The van der Waals surface area contributed by atoms with Crippen LogP contribution >= 0.6 is 11.3 Å². The molecule has 4 rings (SSSR count). The molecule has 130 valence electrons. The average Bonchev–Trinajstić information content (AvgIpc) is 3.29. The van der Waals surface area contributed by atoms with E-state index in [4.69, 9.17) is 4.74 Å². The SMILES string of the molecule is Oc1cc(-n2ccnc2)ccc1-c1nnc(O[C@H]2CCCC[C@@H]2F)s1. The highest BCUT2D eigenvalue weighted by Crippen LogP contribution is 2.36. The van der Waals surface area contributed by atoms with E-state index in [2.05, 4.69) is 15.2 Å². The van der Waals surface area contributed by atoms with Crippen LogP contribution in [-0.2, 0) is 0 Å². The summed E-state index contributed by atoms with van der Waals surface area (Å²) in [6.07, 6.45) is 6.81. The Labute approximate surface area is 147 Å². The summed E-state index contributed by atoms with van der Waals surface area (Å²) >= 11 is 1.21. The van der Waals surface area contributed by atoms with Crippen molar-refractivity contribution in [1.29, 1.82) is 0 Å². The van der Waals surface area contributed by atoms with Crippen LogP contribution in [0.4, 0.5) is 4.39 Å². The van der Waals surface area contributed by atoms with Crippen LogP contribution in [0.3, 0.4) is 0 Å². The maximum atomic E-state index is 13.9. The first-order chi connectivity index (χ1) is 12.2. The molecule has 1 N–H and O–H groups in total. The van der Waals surface area contributed by atoms with Crippen molar-refractivity contribution in [3.8, 4) is 27.2 Å². The van der Waals surface area contributed by atoms with Crippen LogP contribution in [0.5, 0.6) is 10.9 Å². The summed E-state index contributed by atoms with van der Waals surface area (Å²) in [5.74, 6) is 0.0925. The zero-order chi connectivity index (χ0) is 17.2. The number of ether oxygens (including phenoxy) is 1. The fourth-order valence-electron chi connectivity index (χ4n) is 2.95. The highest BCUT2D eigenvalue weighted by molar-refractivity contribution is 7.16. The number of halogens is 1. The van der Waals surface area contributed by atoms with Gasteiger partial charge in [-0.05, 0) is 31.4 Å². The van der Waals surface area contributed by atoms with E-state index in [-0.39, 0.29) is 5.75 Å². The van der Waals surface area contributed by atoms with Crippen molar-refractivity contribution in [2.24, 2.45) is 0 Å². The predicted octanol–water partition coefficient (Wildman–Crippen LogP) is 3.76. The highest BCUT2D eigenvalue weighted by atomic mass is 32.1. The van der Waals surface area contributed by atoms with Gasteiger partial charge in [-0.25, -0.2) is 9.37 Å². The second-order valence-corrected chi connectivity index (χ2v) is 6.94. The maximum absolute atomic E-state index is 13.9. The quantitative estimate of drug-likeness (QED) is 0.767. The molecule has 0 spiro atoms. The Morgan fingerprint density at radius 3 is 2.88 bits per heavy atom. The zero-order valence-electron chi connectivity index (χ0n) is 13.4. The minimum atomic E-state index is -0.955. The first-order valence-corrected chi connectivity index (χ1v) is 8.98. The van der Waals surface area contributed by atoms with Crippen LogP contribution < -0.4 is 4.74 Å². The third kappa shape index (κ3) is 3.34. The topological polar surface area (TPSA) is 73.1 Å². The standard InChI is InChI=1S/C17H17FN4O2S/c18-13-3-1-2-4-15(13)24-17-21-20-16(25-17)12-6-5-11(9-14(12)23)22-8-7-19-10-22/h5-10,13,15,23H,1-4H2/t13-,15-/m0/s1. The number of aromatic hydroxyl groups is 1. The van der Waals surface area contributed by atoms with E-state index in [1.807, 2.05) is 6.07 Å². The summed E-state index contributed by atoms with van der Waals surface area (Å²) in [6.45, 7) is 0. The van der Waals surface area contributed by atoms with Crippen molar-refractivity contribution in [2.45, 2.75) is 38.0 Å². The predicted molar refractivity (Wildman–Crippen MR) is 91.9 cm³/mol. The molecule has 1 saturated carbocycles. The van der Waals surface area contributed by atoms with Crippen LogP contribution in [0.15, 0.2) is 36.9 Å². The van der Waals surface area contributed by atoms with Crippen molar-refractivity contribution < 1.29 is 14.2 Å². The third-order valence-corrected chi connectivity index (χ3v) is 5.14. The first-order valence-electron chi connectivity index (χ1n) is 8.16. The molecule has 1 fully saturated rings. The molecule has 6 nitrogen and oxygen atoms in total. The third-order valence-electron chi connectivity index (χ3n) is 4.29. The molecular formula is C17H17FN4O2S. The highest BCUT2D eigenvalue weighted by Gasteiger charge is 2.27. The van der Waals surface area contributed by atoms with Crippen molar-refractivity contribution in [1.82, 2.24) is 19.7 Å². The van der Waals surface area contributed by atoms with E-state index >= 15 is 0 Å². The molecule has 1 aliphatic rings. The fraction of sp³-hybridized carbons (Fsp3) is 0.353. The van der Waals surface area contributed by atoms with Gasteiger partial charge in [-0.2, -0.15) is 0 Å². The molecule has 2 aromatic heterocycles. The van der Waals surface area contributed by atoms with E-state index in [0.29, 0.717) is 28.6 Å². The second-order valence-electron chi connectivity index (χ2n) is 6.00. The summed E-state index contributed by atoms with van der Waals surface area (Å²) in [5.41, 5.74) is 1.36. The zero-order valence-corrected chi connectivity index (χ0v) is 14.2. The molecule has 0 bridgehead atoms. The van der Waals surface area contributed by atoms with Crippen LogP contribution in [0.1, 0.15) is 25.7 Å². The lowest BCUT2D eigenvalue weighted by Crippen LogP contribution is -2.31. The minimum absolute atomic E-state index is 0.0925. The van der Waals surface area contributed by atoms with Crippen LogP contribution in [0.25, 0.3) is 16.3 Å². The van der Waals surface area contributed by atoms with Gasteiger partial charge in [0, 0.05) is 18.5 Å². The van der Waals surface area contributed by atoms with Crippen LogP contribution in [0, 0.1) is 0 Å². The van der Waals surface area contributed by atoms with Crippen molar-refractivity contribution in [3.05, 3.63) is 36.9 Å². The van der Waals surface area contributed by atoms with Gasteiger partial charge in [0.15, 0.2) is 5.01 Å². The summed E-state index contributed by atoms with van der Waals surface area (Å²) < 4.78 is 21.4. The lowest BCUT2D eigenvalue weighted by molar-refractivity contribution is 0.0630. The Morgan fingerprint density at radius 2 is 2.12 bits per heavy atom. The summed E-state index contributed by atoms with van der Waals surface area (Å²) in [4.78, 5) is 3.99. The number of imidazole rings is 1. The number of hydrogen-bond acceptors (Lipinski definition) is 6. The number of phenols is 1. The van der Waals surface area contributed by atoms with E-state index < -0.39 is 12.3 Å². The molecular weight excluding hydrogens is 343 g/mol. The number of aromatic nitrogens is 4. The van der Waals surface area contributed by atoms with Gasteiger partial charge in [-0.1, -0.05) is 22.9 Å². The van der Waals surface area contributed by atoms with Gasteiger partial charge in [0.05, 0.1) is 17.6 Å². The Kier molecular flexibility index (Phi) is 4.35.